The number of thiophene rings is 1. The number of halogens is 1. The fourth-order valence-corrected chi connectivity index (χ4v) is 3.19. The van der Waals surface area contributed by atoms with Crippen molar-refractivity contribution in [3.63, 3.8) is 0 Å². The van der Waals surface area contributed by atoms with Crippen LogP contribution in [0.4, 0.5) is 4.39 Å². The first kappa shape index (κ1) is 15.4. The van der Waals surface area contributed by atoms with Crippen LogP contribution in [0.5, 0.6) is 0 Å². The van der Waals surface area contributed by atoms with Gasteiger partial charge in [-0.05, 0) is 36.1 Å². The molecule has 0 unspecified atom stereocenters. The minimum Gasteiger partial charge on any atom is -0.299 e. The first-order chi connectivity index (χ1) is 11.1. The third kappa shape index (κ3) is 3.00. The third-order valence-corrected chi connectivity index (χ3v) is 4.18. The molecule has 0 radical (unpaired) electrons. The second-order valence-corrected chi connectivity index (χ2v) is 5.89. The van der Waals surface area contributed by atoms with E-state index in [0.717, 1.165) is 16.6 Å². The molecule has 0 saturated carbocycles. The molecule has 3 heterocycles. The maximum absolute atomic E-state index is 12.8. The first-order valence-corrected chi connectivity index (χ1v) is 8.07. The number of Topliss-reactive ketones (excluding diaryl/α,β-unsaturated/α-hetero) is 1. The van der Waals surface area contributed by atoms with E-state index in [1.54, 1.807) is 17.4 Å². The van der Waals surface area contributed by atoms with Crippen LogP contribution in [0.1, 0.15) is 29.9 Å². The summed E-state index contributed by atoms with van der Waals surface area (Å²) in [5.74, 6) is 0.402. The summed E-state index contributed by atoms with van der Waals surface area (Å²) in [6.07, 6.45) is 6.81. The predicted octanol–water partition coefficient (Wildman–Crippen LogP) is 5.15. The van der Waals surface area contributed by atoms with E-state index < -0.39 is 0 Å². The summed E-state index contributed by atoms with van der Waals surface area (Å²) in [6.45, 7) is 2.92. The van der Waals surface area contributed by atoms with Crippen molar-refractivity contribution in [1.82, 2.24) is 9.38 Å². The molecule has 0 aromatic carbocycles. The number of fused-ring (bicyclic) bond motifs is 1. The zero-order valence-electron chi connectivity index (χ0n) is 12.8. The molecule has 0 spiro atoms. The topological polar surface area (TPSA) is 34.4 Å². The Hall–Kier alpha value is -2.53. The van der Waals surface area contributed by atoms with E-state index in [2.05, 4.69) is 4.98 Å². The minimum atomic E-state index is -0.247. The standard InChI is InChI=1S/C18H15FN2OS/c1-12(19)6-5-7-14-10-23-11-15(14)18-20-17(13(2)22)16-8-3-4-9-21(16)18/h3-11H,1-2H3/b7-5-,12-6+. The van der Waals surface area contributed by atoms with Crippen LogP contribution in [0.2, 0.25) is 0 Å². The van der Waals surface area contributed by atoms with Gasteiger partial charge in [0, 0.05) is 24.1 Å². The Morgan fingerprint density at radius 1 is 1.30 bits per heavy atom. The lowest BCUT2D eigenvalue weighted by atomic mass is 10.1. The van der Waals surface area contributed by atoms with Gasteiger partial charge in [-0.15, -0.1) is 0 Å². The van der Waals surface area contributed by atoms with Crippen molar-refractivity contribution in [2.75, 3.05) is 0 Å². The van der Waals surface area contributed by atoms with Crippen LogP contribution in [0, 0.1) is 0 Å². The van der Waals surface area contributed by atoms with Crippen LogP contribution >= 0.6 is 11.3 Å². The van der Waals surface area contributed by atoms with Crippen LogP contribution in [0.25, 0.3) is 23.0 Å². The number of rotatable bonds is 4. The van der Waals surface area contributed by atoms with Crippen LogP contribution in [-0.4, -0.2) is 15.2 Å². The number of carbonyl (C=O) groups is 1. The lowest BCUT2D eigenvalue weighted by Gasteiger charge is -2.00. The van der Waals surface area contributed by atoms with Gasteiger partial charge in [-0.3, -0.25) is 9.20 Å². The van der Waals surface area contributed by atoms with Gasteiger partial charge in [0.2, 0.25) is 0 Å². The molecule has 0 saturated heterocycles. The Labute approximate surface area is 137 Å². The SMILES string of the molecule is CC(=O)c1nc(-c2cscc2/C=C\C=C(/C)F)n2ccccc12. The van der Waals surface area contributed by atoms with E-state index in [1.165, 1.54) is 19.9 Å². The second kappa shape index (κ2) is 6.30. The molecule has 3 aromatic rings. The van der Waals surface area contributed by atoms with Gasteiger partial charge >= 0.3 is 0 Å². The van der Waals surface area contributed by atoms with Gasteiger partial charge in [-0.25, -0.2) is 9.37 Å². The van der Waals surface area contributed by atoms with Gasteiger partial charge in [0.15, 0.2) is 5.78 Å². The molecule has 23 heavy (non-hydrogen) atoms. The van der Waals surface area contributed by atoms with E-state index in [9.17, 15) is 9.18 Å². The lowest BCUT2D eigenvalue weighted by Crippen LogP contribution is -1.92. The highest BCUT2D eigenvalue weighted by atomic mass is 32.1. The van der Waals surface area contributed by atoms with E-state index in [0.29, 0.717) is 11.5 Å². The average molecular weight is 326 g/mol. The second-order valence-electron chi connectivity index (χ2n) is 5.15. The highest BCUT2D eigenvalue weighted by Crippen LogP contribution is 2.30. The number of aromatic nitrogens is 2. The number of pyridine rings is 1. The molecule has 0 fully saturated rings. The van der Waals surface area contributed by atoms with Crippen molar-refractivity contribution >= 4 is 28.7 Å². The largest absolute Gasteiger partial charge is 0.299 e. The number of allylic oxidation sites excluding steroid dienone is 3. The Bertz CT molecular complexity index is 930. The number of nitrogens with zero attached hydrogens (tertiary/aromatic N) is 2. The summed E-state index contributed by atoms with van der Waals surface area (Å²) in [7, 11) is 0. The summed E-state index contributed by atoms with van der Waals surface area (Å²) >= 11 is 1.54. The Balaban J connectivity index is 2.15. The molecule has 0 bridgehead atoms. The maximum Gasteiger partial charge on any atom is 0.180 e. The van der Waals surface area contributed by atoms with Gasteiger partial charge in [0.05, 0.1) is 11.3 Å². The molecule has 116 valence electrons. The zero-order valence-corrected chi connectivity index (χ0v) is 13.6. The van der Waals surface area contributed by atoms with Crippen LogP contribution in [0.3, 0.4) is 0 Å². The molecular formula is C18H15FN2OS. The smallest absolute Gasteiger partial charge is 0.180 e. The van der Waals surface area contributed by atoms with Crippen LogP contribution < -0.4 is 0 Å². The molecule has 0 N–H and O–H groups in total. The van der Waals surface area contributed by atoms with Crippen LogP contribution in [0.15, 0.2) is 53.1 Å². The number of hydrogen-bond donors (Lipinski definition) is 0. The molecule has 3 rings (SSSR count). The van der Waals surface area contributed by atoms with Gasteiger partial charge in [0.25, 0.3) is 0 Å². The van der Waals surface area contributed by atoms with Crippen molar-refractivity contribution in [1.29, 1.82) is 0 Å². The Kier molecular flexibility index (Phi) is 4.21. The quantitative estimate of drug-likeness (QED) is 0.491. The van der Waals surface area contributed by atoms with E-state index in [4.69, 9.17) is 0 Å². The van der Waals surface area contributed by atoms with Crippen molar-refractivity contribution in [2.45, 2.75) is 13.8 Å². The number of imidazole rings is 1. The highest BCUT2D eigenvalue weighted by molar-refractivity contribution is 7.08. The molecule has 3 nitrogen and oxygen atoms in total. The highest BCUT2D eigenvalue weighted by Gasteiger charge is 2.17. The van der Waals surface area contributed by atoms with Crippen molar-refractivity contribution in [3.8, 4) is 11.4 Å². The van der Waals surface area contributed by atoms with Crippen molar-refractivity contribution in [3.05, 3.63) is 64.4 Å². The fourth-order valence-electron chi connectivity index (χ4n) is 2.39. The monoisotopic (exact) mass is 326 g/mol. The molecular weight excluding hydrogens is 311 g/mol. The molecule has 0 aliphatic heterocycles. The summed E-state index contributed by atoms with van der Waals surface area (Å²) < 4.78 is 14.7. The average Bonchev–Trinajstić information content (AvgIpc) is 3.10. The molecule has 0 aliphatic carbocycles. The van der Waals surface area contributed by atoms with Gasteiger partial charge < -0.3 is 0 Å². The molecule has 3 aromatic heterocycles. The fraction of sp³-hybridized carbons (Fsp3) is 0.111. The molecule has 5 heteroatoms. The summed E-state index contributed by atoms with van der Waals surface area (Å²) in [4.78, 5) is 16.4. The van der Waals surface area contributed by atoms with E-state index >= 15 is 0 Å². The molecule has 0 atom stereocenters. The molecule has 0 amide bonds. The zero-order chi connectivity index (χ0) is 16.4. The Morgan fingerprint density at radius 3 is 2.87 bits per heavy atom. The number of ketones is 1. The summed E-state index contributed by atoms with van der Waals surface area (Å²) in [5, 5.41) is 3.96. The third-order valence-electron chi connectivity index (χ3n) is 3.42. The van der Waals surface area contributed by atoms with Gasteiger partial charge in [-0.2, -0.15) is 11.3 Å². The normalized spacial score (nSPS) is 12.4. The lowest BCUT2D eigenvalue weighted by molar-refractivity contribution is 0.101. The van der Waals surface area contributed by atoms with Crippen molar-refractivity contribution < 1.29 is 9.18 Å². The summed E-state index contributed by atoms with van der Waals surface area (Å²) in [6, 6.07) is 5.67. The van der Waals surface area contributed by atoms with E-state index in [-0.39, 0.29) is 11.6 Å². The van der Waals surface area contributed by atoms with Gasteiger partial charge in [-0.1, -0.05) is 18.2 Å². The molecule has 0 aliphatic rings. The summed E-state index contributed by atoms with van der Waals surface area (Å²) in [5.41, 5.74) is 3.11. The number of hydrogen-bond acceptors (Lipinski definition) is 3. The first-order valence-electron chi connectivity index (χ1n) is 7.13. The van der Waals surface area contributed by atoms with E-state index in [1.807, 2.05) is 45.6 Å². The Morgan fingerprint density at radius 2 is 2.13 bits per heavy atom. The minimum absolute atomic E-state index is 0.0664. The van der Waals surface area contributed by atoms with Crippen molar-refractivity contribution in [2.24, 2.45) is 0 Å². The maximum atomic E-state index is 12.8. The van der Waals surface area contributed by atoms with Gasteiger partial charge in [0.1, 0.15) is 11.5 Å². The predicted molar refractivity (Wildman–Crippen MR) is 92.4 cm³/mol. The van der Waals surface area contributed by atoms with Crippen LogP contribution in [-0.2, 0) is 0 Å². The number of carbonyl (C=O) groups excluding carboxylic acids is 1.